The van der Waals surface area contributed by atoms with Gasteiger partial charge in [0.05, 0.1) is 0 Å². The minimum absolute atomic E-state index is 0.383. The Kier molecular flexibility index (Phi) is 5.03. The van der Waals surface area contributed by atoms with Gasteiger partial charge in [-0.1, -0.05) is 34.6 Å². The van der Waals surface area contributed by atoms with Crippen LogP contribution in [0.25, 0.3) is 0 Å². The molecule has 0 spiro atoms. The average molecular weight is 240 g/mol. The van der Waals surface area contributed by atoms with Crippen LogP contribution in [0, 0.1) is 10.8 Å². The number of nitrogens with two attached hydrogens (primary N) is 1. The predicted molar refractivity (Wildman–Crippen MR) is 76.1 cm³/mol. The molecule has 2 nitrogen and oxygen atoms in total. The third-order valence-electron chi connectivity index (χ3n) is 4.60. The maximum atomic E-state index is 5.99. The number of hydrogen-bond acceptors (Lipinski definition) is 2. The molecule has 102 valence electrons. The molecule has 0 bridgehead atoms. The van der Waals surface area contributed by atoms with Gasteiger partial charge in [0.25, 0.3) is 0 Å². The predicted octanol–water partition coefficient (Wildman–Crippen LogP) is 3.26. The molecule has 1 rings (SSSR count). The second kappa shape index (κ2) is 5.71. The summed E-state index contributed by atoms with van der Waals surface area (Å²) < 4.78 is 0. The monoisotopic (exact) mass is 240 g/mol. The Morgan fingerprint density at radius 1 is 1.24 bits per heavy atom. The van der Waals surface area contributed by atoms with Crippen LogP contribution in [-0.4, -0.2) is 30.6 Å². The number of hydrogen-bond donors (Lipinski definition) is 1. The van der Waals surface area contributed by atoms with Gasteiger partial charge in [0.15, 0.2) is 0 Å². The fourth-order valence-corrected chi connectivity index (χ4v) is 3.18. The molecule has 2 heteroatoms. The molecule has 2 N–H and O–H groups in total. The molecule has 0 amide bonds. The Balaban J connectivity index is 2.61. The van der Waals surface area contributed by atoms with E-state index in [-0.39, 0.29) is 0 Å². The van der Waals surface area contributed by atoms with E-state index in [0.29, 0.717) is 16.9 Å². The Bertz CT molecular complexity index is 226. The molecule has 0 radical (unpaired) electrons. The van der Waals surface area contributed by atoms with E-state index in [2.05, 4.69) is 39.5 Å². The Morgan fingerprint density at radius 2 is 1.82 bits per heavy atom. The first-order valence-electron chi connectivity index (χ1n) is 7.30. The molecule has 1 saturated heterocycles. The number of likely N-dealkylation sites (tertiary alicyclic amines) is 1. The maximum absolute atomic E-state index is 5.99. The molecular formula is C15H32N2. The lowest BCUT2D eigenvalue weighted by molar-refractivity contribution is 0.157. The molecule has 1 unspecified atom stereocenters. The molecule has 1 fully saturated rings. The van der Waals surface area contributed by atoms with E-state index in [1.54, 1.807) is 0 Å². The van der Waals surface area contributed by atoms with Crippen LogP contribution < -0.4 is 5.73 Å². The van der Waals surface area contributed by atoms with Crippen molar-refractivity contribution < 1.29 is 0 Å². The lowest BCUT2D eigenvalue weighted by Crippen LogP contribution is -2.42. The van der Waals surface area contributed by atoms with Gasteiger partial charge in [0.2, 0.25) is 0 Å². The topological polar surface area (TPSA) is 29.3 Å². The number of rotatable bonds is 5. The van der Waals surface area contributed by atoms with Crippen molar-refractivity contribution in [3.8, 4) is 0 Å². The van der Waals surface area contributed by atoms with E-state index in [0.717, 1.165) is 6.54 Å². The number of nitrogens with zero attached hydrogens (tertiary/aromatic N) is 1. The van der Waals surface area contributed by atoms with Gasteiger partial charge in [0.1, 0.15) is 0 Å². The van der Waals surface area contributed by atoms with E-state index in [4.69, 9.17) is 5.73 Å². The van der Waals surface area contributed by atoms with Gasteiger partial charge in [-0.15, -0.1) is 0 Å². The average Bonchev–Trinajstić information content (AvgIpc) is 2.69. The van der Waals surface area contributed by atoms with Crippen molar-refractivity contribution in [1.82, 2.24) is 4.90 Å². The Morgan fingerprint density at radius 3 is 2.18 bits per heavy atom. The molecule has 17 heavy (non-hydrogen) atoms. The molecule has 0 aromatic rings. The summed E-state index contributed by atoms with van der Waals surface area (Å²) in [7, 11) is 0. The fourth-order valence-electron chi connectivity index (χ4n) is 3.18. The molecule has 1 atom stereocenters. The molecule has 0 aromatic carbocycles. The second-order valence-electron chi connectivity index (χ2n) is 7.08. The third kappa shape index (κ3) is 3.96. The zero-order valence-corrected chi connectivity index (χ0v) is 12.6. The highest BCUT2D eigenvalue weighted by Crippen LogP contribution is 2.39. The molecule has 1 heterocycles. The third-order valence-corrected chi connectivity index (χ3v) is 4.60. The van der Waals surface area contributed by atoms with Gasteiger partial charge < -0.3 is 5.73 Å². The summed E-state index contributed by atoms with van der Waals surface area (Å²) >= 11 is 0. The highest BCUT2D eigenvalue weighted by atomic mass is 15.2. The molecular weight excluding hydrogens is 208 g/mol. The van der Waals surface area contributed by atoms with Crippen molar-refractivity contribution in [2.75, 3.05) is 19.6 Å². The van der Waals surface area contributed by atoms with Crippen LogP contribution in [0.2, 0.25) is 0 Å². The van der Waals surface area contributed by atoms with E-state index in [1.165, 1.54) is 38.8 Å². The van der Waals surface area contributed by atoms with Crippen molar-refractivity contribution in [2.45, 2.75) is 66.3 Å². The summed E-state index contributed by atoms with van der Waals surface area (Å²) in [6.07, 6.45) is 5.20. The van der Waals surface area contributed by atoms with Gasteiger partial charge >= 0.3 is 0 Å². The van der Waals surface area contributed by atoms with Crippen LogP contribution in [0.3, 0.4) is 0 Å². The summed E-state index contributed by atoms with van der Waals surface area (Å²) in [5, 5.41) is 0. The maximum Gasteiger partial charge on any atom is 0.0223 e. The standard InChI is InChI=1S/C15H32N2/c1-6-15(7-2)8-9-17(12-15)13(11-16)10-14(3,4)5/h13H,6-12,16H2,1-5H3. The van der Waals surface area contributed by atoms with E-state index in [1.807, 2.05) is 0 Å². The van der Waals surface area contributed by atoms with Gasteiger partial charge in [-0.2, -0.15) is 0 Å². The van der Waals surface area contributed by atoms with Crippen molar-refractivity contribution in [1.29, 1.82) is 0 Å². The van der Waals surface area contributed by atoms with Gasteiger partial charge in [0, 0.05) is 19.1 Å². The highest BCUT2D eigenvalue weighted by molar-refractivity contribution is 4.92. The van der Waals surface area contributed by atoms with E-state index < -0.39 is 0 Å². The van der Waals surface area contributed by atoms with Crippen LogP contribution in [0.5, 0.6) is 0 Å². The lowest BCUT2D eigenvalue weighted by Gasteiger charge is -2.34. The molecule has 1 aliphatic heterocycles. The Labute approximate surface area is 108 Å². The summed E-state index contributed by atoms with van der Waals surface area (Å²) in [6, 6.07) is 0.579. The van der Waals surface area contributed by atoms with Crippen molar-refractivity contribution in [3.63, 3.8) is 0 Å². The normalized spacial score (nSPS) is 22.9. The molecule has 0 aliphatic carbocycles. The first-order chi connectivity index (χ1) is 7.86. The highest BCUT2D eigenvalue weighted by Gasteiger charge is 2.38. The van der Waals surface area contributed by atoms with Gasteiger partial charge in [-0.3, -0.25) is 4.90 Å². The molecule has 0 saturated carbocycles. The van der Waals surface area contributed by atoms with Crippen molar-refractivity contribution in [2.24, 2.45) is 16.6 Å². The zero-order chi connectivity index (χ0) is 13.1. The van der Waals surface area contributed by atoms with Crippen LogP contribution in [0.1, 0.15) is 60.3 Å². The Hall–Kier alpha value is -0.0800. The minimum atomic E-state index is 0.383. The first kappa shape index (κ1) is 15.0. The smallest absolute Gasteiger partial charge is 0.0223 e. The molecule has 1 aliphatic rings. The summed E-state index contributed by atoms with van der Waals surface area (Å²) in [5.74, 6) is 0. The quantitative estimate of drug-likeness (QED) is 0.799. The lowest BCUT2D eigenvalue weighted by atomic mass is 9.81. The van der Waals surface area contributed by atoms with Crippen LogP contribution >= 0.6 is 0 Å². The summed E-state index contributed by atoms with van der Waals surface area (Å²) in [5.41, 5.74) is 6.95. The zero-order valence-electron chi connectivity index (χ0n) is 12.6. The van der Waals surface area contributed by atoms with Crippen LogP contribution in [0.4, 0.5) is 0 Å². The second-order valence-corrected chi connectivity index (χ2v) is 7.08. The first-order valence-corrected chi connectivity index (χ1v) is 7.30. The largest absolute Gasteiger partial charge is 0.329 e. The van der Waals surface area contributed by atoms with Gasteiger partial charge in [-0.25, -0.2) is 0 Å². The van der Waals surface area contributed by atoms with Crippen molar-refractivity contribution in [3.05, 3.63) is 0 Å². The van der Waals surface area contributed by atoms with Gasteiger partial charge in [-0.05, 0) is 43.1 Å². The van der Waals surface area contributed by atoms with Crippen molar-refractivity contribution >= 4 is 0 Å². The minimum Gasteiger partial charge on any atom is -0.329 e. The summed E-state index contributed by atoms with van der Waals surface area (Å²) in [6.45, 7) is 15.0. The fraction of sp³-hybridized carbons (Fsp3) is 1.00. The van der Waals surface area contributed by atoms with E-state index in [9.17, 15) is 0 Å². The molecule has 0 aromatic heterocycles. The van der Waals surface area contributed by atoms with Crippen LogP contribution in [0.15, 0.2) is 0 Å². The van der Waals surface area contributed by atoms with E-state index >= 15 is 0 Å². The van der Waals surface area contributed by atoms with Crippen LogP contribution in [-0.2, 0) is 0 Å². The summed E-state index contributed by atoms with van der Waals surface area (Å²) in [4.78, 5) is 2.65. The SMILES string of the molecule is CCC1(CC)CCN(C(CN)CC(C)(C)C)C1.